The van der Waals surface area contributed by atoms with E-state index in [9.17, 15) is 4.79 Å². The Balaban J connectivity index is 1.73. The number of carbonyl (C=O) groups excluding carboxylic acids is 1. The minimum Gasteiger partial charge on any atom is -0.487 e. The first-order valence-electron chi connectivity index (χ1n) is 7.48. The molecule has 3 rings (SSSR count). The number of fused-ring (bicyclic) bond motifs is 1. The van der Waals surface area contributed by atoms with Gasteiger partial charge < -0.3 is 4.74 Å². The maximum atomic E-state index is 11.8. The minimum absolute atomic E-state index is 0.252. The molecule has 110 valence electrons. The summed E-state index contributed by atoms with van der Waals surface area (Å²) >= 11 is 0. The lowest BCUT2D eigenvalue weighted by Crippen LogP contribution is -2.11. The van der Waals surface area contributed by atoms with Gasteiger partial charge in [-0.3, -0.25) is 9.48 Å². The molecule has 0 radical (unpaired) electrons. The molecule has 0 unspecified atom stereocenters. The molecule has 4 nitrogen and oxygen atoms in total. The van der Waals surface area contributed by atoms with Gasteiger partial charge in [-0.15, -0.1) is 0 Å². The van der Waals surface area contributed by atoms with Crippen molar-refractivity contribution in [2.75, 3.05) is 0 Å². The van der Waals surface area contributed by atoms with E-state index in [1.165, 1.54) is 0 Å². The van der Waals surface area contributed by atoms with Gasteiger partial charge in [0.05, 0.1) is 11.4 Å². The van der Waals surface area contributed by atoms with Crippen molar-refractivity contribution in [3.05, 3.63) is 46.8 Å². The van der Waals surface area contributed by atoms with Crippen molar-refractivity contribution >= 4 is 5.78 Å². The highest BCUT2D eigenvalue weighted by Crippen LogP contribution is 2.25. The standard InChI is InChI=1S/C17H20N2O2/c1-3-13-10-14(19(2)18-13)11-21-15-7-8-16-12(9-15)5-4-6-17(16)20/h7-10H,3-6,11H2,1-2H3. The number of benzene rings is 1. The molecule has 4 heteroatoms. The van der Waals surface area contributed by atoms with Crippen LogP contribution in [0.25, 0.3) is 0 Å². The van der Waals surface area contributed by atoms with Gasteiger partial charge in [-0.1, -0.05) is 6.92 Å². The molecule has 0 atom stereocenters. The predicted molar refractivity (Wildman–Crippen MR) is 80.6 cm³/mol. The summed E-state index contributed by atoms with van der Waals surface area (Å²) in [4.78, 5) is 11.8. The Kier molecular flexibility index (Phi) is 3.78. The molecule has 0 aliphatic heterocycles. The van der Waals surface area contributed by atoms with Crippen LogP contribution in [0.1, 0.15) is 47.1 Å². The van der Waals surface area contributed by atoms with Crippen LogP contribution < -0.4 is 4.74 Å². The first-order chi connectivity index (χ1) is 10.2. The highest BCUT2D eigenvalue weighted by molar-refractivity contribution is 5.98. The molecule has 0 N–H and O–H groups in total. The fourth-order valence-corrected chi connectivity index (χ4v) is 2.75. The van der Waals surface area contributed by atoms with Crippen LogP contribution in [0.3, 0.4) is 0 Å². The Morgan fingerprint density at radius 2 is 2.14 bits per heavy atom. The van der Waals surface area contributed by atoms with E-state index in [0.29, 0.717) is 13.0 Å². The highest BCUT2D eigenvalue weighted by Gasteiger charge is 2.17. The number of aryl methyl sites for hydroxylation is 3. The second-order valence-electron chi connectivity index (χ2n) is 5.49. The Morgan fingerprint density at radius 3 is 2.90 bits per heavy atom. The molecule has 1 heterocycles. The van der Waals surface area contributed by atoms with E-state index in [0.717, 1.165) is 47.5 Å². The fraction of sp³-hybridized carbons (Fsp3) is 0.412. The second-order valence-corrected chi connectivity index (χ2v) is 5.49. The Hall–Kier alpha value is -2.10. The molecule has 1 aromatic heterocycles. The number of Topliss-reactive ketones (excluding diaryl/α,β-unsaturated/α-hetero) is 1. The normalized spacial score (nSPS) is 14.1. The Labute approximate surface area is 124 Å². The number of ketones is 1. The van der Waals surface area contributed by atoms with Crippen LogP contribution in [0, 0.1) is 0 Å². The molecule has 0 bridgehead atoms. The largest absolute Gasteiger partial charge is 0.487 e. The molecule has 1 aliphatic rings. The van der Waals surface area contributed by atoms with Crippen molar-refractivity contribution in [1.82, 2.24) is 9.78 Å². The molecule has 0 saturated heterocycles. The highest BCUT2D eigenvalue weighted by atomic mass is 16.5. The van der Waals surface area contributed by atoms with E-state index in [-0.39, 0.29) is 5.78 Å². The van der Waals surface area contributed by atoms with Crippen LogP contribution in [0.2, 0.25) is 0 Å². The number of aromatic nitrogens is 2. The molecule has 0 fully saturated rings. The summed E-state index contributed by atoms with van der Waals surface area (Å²) in [6.07, 6.45) is 3.50. The summed E-state index contributed by atoms with van der Waals surface area (Å²) in [6, 6.07) is 7.86. The zero-order chi connectivity index (χ0) is 14.8. The van der Waals surface area contributed by atoms with Gasteiger partial charge in [-0.25, -0.2) is 0 Å². The van der Waals surface area contributed by atoms with E-state index in [2.05, 4.69) is 18.1 Å². The lowest BCUT2D eigenvalue weighted by Gasteiger charge is -2.16. The first-order valence-corrected chi connectivity index (χ1v) is 7.48. The SMILES string of the molecule is CCc1cc(COc2ccc3c(c2)CCCC3=O)n(C)n1. The average molecular weight is 284 g/mol. The van der Waals surface area contributed by atoms with Crippen LogP contribution in [-0.4, -0.2) is 15.6 Å². The molecular weight excluding hydrogens is 264 g/mol. The third-order valence-corrected chi connectivity index (χ3v) is 4.00. The van der Waals surface area contributed by atoms with Crippen LogP contribution in [0.5, 0.6) is 5.75 Å². The van der Waals surface area contributed by atoms with E-state index < -0.39 is 0 Å². The van der Waals surface area contributed by atoms with E-state index in [4.69, 9.17) is 4.74 Å². The predicted octanol–water partition coefficient (Wildman–Crippen LogP) is 3.08. The Bertz CT molecular complexity index is 673. The summed E-state index contributed by atoms with van der Waals surface area (Å²) < 4.78 is 7.72. The molecule has 1 aromatic carbocycles. The minimum atomic E-state index is 0.252. The lowest BCUT2D eigenvalue weighted by atomic mass is 9.90. The first kappa shape index (κ1) is 13.9. The van der Waals surface area contributed by atoms with Crippen molar-refractivity contribution in [3.63, 3.8) is 0 Å². The summed E-state index contributed by atoms with van der Waals surface area (Å²) in [5.74, 6) is 1.07. The summed E-state index contributed by atoms with van der Waals surface area (Å²) in [5.41, 5.74) is 4.11. The zero-order valence-corrected chi connectivity index (χ0v) is 12.6. The van der Waals surface area contributed by atoms with Crippen molar-refractivity contribution in [2.24, 2.45) is 7.05 Å². The fourth-order valence-electron chi connectivity index (χ4n) is 2.75. The number of carbonyl (C=O) groups is 1. The molecule has 1 aliphatic carbocycles. The number of ether oxygens (including phenoxy) is 1. The Morgan fingerprint density at radius 1 is 1.29 bits per heavy atom. The van der Waals surface area contributed by atoms with Gasteiger partial charge in [-0.05, 0) is 49.1 Å². The second kappa shape index (κ2) is 5.72. The van der Waals surface area contributed by atoms with Gasteiger partial charge >= 0.3 is 0 Å². The summed E-state index contributed by atoms with van der Waals surface area (Å²) in [7, 11) is 1.93. The van der Waals surface area contributed by atoms with Crippen LogP contribution in [0.15, 0.2) is 24.3 Å². The molecular formula is C17H20N2O2. The van der Waals surface area contributed by atoms with Crippen LogP contribution in [-0.2, 0) is 26.5 Å². The van der Waals surface area contributed by atoms with Gasteiger partial charge in [0.15, 0.2) is 5.78 Å². The van der Waals surface area contributed by atoms with Crippen LogP contribution in [0.4, 0.5) is 0 Å². The number of hydrogen-bond acceptors (Lipinski definition) is 3. The lowest BCUT2D eigenvalue weighted by molar-refractivity contribution is 0.0972. The third-order valence-electron chi connectivity index (χ3n) is 4.00. The smallest absolute Gasteiger partial charge is 0.163 e. The van der Waals surface area contributed by atoms with Gasteiger partial charge in [0, 0.05) is 19.0 Å². The maximum Gasteiger partial charge on any atom is 0.163 e. The monoisotopic (exact) mass is 284 g/mol. The molecule has 21 heavy (non-hydrogen) atoms. The summed E-state index contributed by atoms with van der Waals surface area (Å²) in [5, 5.41) is 4.41. The van der Waals surface area contributed by atoms with Gasteiger partial charge in [0.25, 0.3) is 0 Å². The van der Waals surface area contributed by atoms with Gasteiger partial charge in [0.1, 0.15) is 12.4 Å². The van der Waals surface area contributed by atoms with Gasteiger partial charge in [-0.2, -0.15) is 5.10 Å². The molecule has 0 amide bonds. The van der Waals surface area contributed by atoms with Crippen LogP contribution >= 0.6 is 0 Å². The van der Waals surface area contributed by atoms with E-state index in [1.54, 1.807) is 0 Å². The number of rotatable bonds is 4. The number of nitrogens with zero attached hydrogens (tertiary/aromatic N) is 2. The summed E-state index contributed by atoms with van der Waals surface area (Å²) in [6.45, 7) is 2.59. The quantitative estimate of drug-likeness (QED) is 0.866. The van der Waals surface area contributed by atoms with Gasteiger partial charge in [0.2, 0.25) is 0 Å². The van der Waals surface area contributed by atoms with E-state index >= 15 is 0 Å². The topological polar surface area (TPSA) is 44.1 Å². The third kappa shape index (κ3) is 2.84. The molecule has 2 aromatic rings. The molecule has 0 saturated carbocycles. The average Bonchev–Trinajstić information content (AvgIpc) is 2.86. The van der Waals surface area contributed by atoms with Crippen molar-refractivity contribution in [2.45, 2.75) is 39.2 Å². The van der Waals surface area contributed by atoms with Crippen molar-refractivity contribution in [1.29, 1.82) is 0 Å². The van der Waals surface area contributed by atoms with Crippen molar-refractivity contribution in [3.8, 4) is 5.75 Å². The zero-order valence-electron chi connectivity index (χ0n) is 12.6. The van der Waals surface area contributed by atoms with E-state index in [1.807, 2.05) is 29.9 Å². The maximum absolute atomic E-state index is 11.8. The van der Waals surface area contributed by atoms with Crippen molar-refractivity contribution < 1.29 is 9.53 Å². The molecule has 0 spiro atoms. The number of hydrogen-bond donors (Lipinski definition) is 0.